The summed E-state index contributed by atoms with van der Waals surface area (Å²) in [6, 6.07) is 9.80. The van der Waals surface area contributed by atoms with Crippen LogP contribution in [0.15, 0.2) is 42.7 Å². The zero-order chi connectivity index (χ0) is 19.8. The van der Waals surface area contributed by atoms with Gasteiger partial charge in [0.2, 0.25) is 0 Å². The molecule has 1 aromatic carbocycles. The van der Waals surface area contributed by atoms with Gasteiger partial charge in [0.25, 0.3) is 0 Å². The standard InChI is InChI=1S/C22H25N5O2/c1-15-8-10-26(22(28)29-14-16-5-3-2-4-6-16)13-17(15)19-11-24-20-12-25-21-18(27(19)20)7-9-23-21/h2-6,11-12,15,17,23H,7-10,13-14H2,1H3. The lowest BCUT2D eigenvalue weighted by atomic mass is 9.85. The lowest BCUT2D eigenvalue weighted by Crippen LogP contribution is -2.42. The number of nitrogens with zero attached hydrogens (tertiary/aromatic N) is 4. The van der Waals surface area contributed by atoms with E-state index < -0.39 is 0 Å². The molecule has 2 aliphatic rings. The van der Waals surface area contributed by atoms with Gasteiger partial charge in [0.05, 0.1) is 11.9 Å². The van der Waals surface area contributed by atoms with Gasteiger partial charge in [0, 0.05) is 43.9 Å². The summed E-state index contributed by atoms with van der Waals surface area (Å²) in [4.78, 5) is 23.6. The van der Waals surface area contributed by atoms with Crippen molar-refractivity contribution in [3.63, 3.8) is 0 Å². The molecule has 3 aromatic rings. The second-order valence-corrected chi connectivity index (χ2v) is 7.97. The number of anilines is 1. The second-order valence-electron chi connectivity index (χ2n) is 7.97. The number of imidazole rings is 1. The number of benzene rings is 1. The lowest BCUT2D eigenvalue weighted by molar-refractivity contribution is 0.0776. The largest absolute Gasteiger partial charge is 0.445 e. The summed E-state index contributed by atoms with van der Waals surface area (Å²) in [6.45, 7) is 4.83. The SMILES string of the molecule is CC1CCN(C(=O)OCc2ccccc2)CC1c1cnc2cnc3c(n12)CCN3. The van der Waals surface area contributed by atoms with Crippen LogP contribution in [0.5, 0.6) is 0 Å². The molecule has 7 heteroatoms. The molecular weight excluding hydrogens is 366 g/mol. The minimum Gasteiger partial charge on any atom is -0.445 e. The van der Waals surface area contributed by atoms with E-state index in [-0.39, 0.29) is 12.0 Å². The average molecular weight is 391 g/mol. The summed E-state index contributed by atoms with van der Waals surface area (Å²) in [5.41, 5.74) is 4.22. The highest BCUT2D eigenvalue weighted by Crippen LogP contribution is 2.34. The van der Waals surface area contributed by atoms with E-state index in [0.717, 1.165) is 48.7 Å². The van der Waals surface area contributed by atoms with Crippen LogP contribution in [0, 0.1) is 5.92 Å². The minimum absolute atomic E-state index is 0.218. The van der Waals surface area contributed by atoms with Gasteiger partial charge in [-0.3, -0.25) is 4.40 Å². The predicted molar refractivity (Wildman–Crippen MR) is 110 cm³/mol. The van der Waals surface area contributed by atoms with E-state index in [1.807, 2.05) is 47.6 Å². The number of carbonyl (C=O) groups is 1. The predicted octanol–water partition coefficient (Wildman–Crippen LogP) is 3.46. The summed E-state index contributed by atoms with van der Waals surface area (Å²) in [5, 5.41) is 3.34. The number of carbonyl (C=O) groups excluding carboxylic acids is 1. The number of piperidine rings is 1. The van der Waals surface area contributed by atoms with Crippen molar-refractivity contribution < 1.29 is 9.53 Å². The van der Waals surface area contributed by atoms with Crippen LogP contribution in [-0.4, -0.2) is 45.0 Å². The summed E-state index contributed by atoms with van der Waals surface area (Å²) >= 11 is 0. The normalized spacial score (nSPS) is 21.1. The Kier molecular flexibility index (Phi) is 4.58. The number of fused-ring (bicyclic) bond motifs is 3. The number of hydrogen-bond acceptors (Lipinski definition) is 5. The number of rotatable bonds is 3. The molecule has 1 amide bonds. The molecule has 5 rings (SSSR count). The molecule has 0 aliphatic carbocycles. The first-order valence-corrected chi connectivity index (χ1v) is 10.3. The molecule has 1 saturated heterocycles. The van der Waals surface area contributed by atoms with Crippen LogP contribution < -0.4 is 5.32 Å². The Morgan fingerprint density at radius 2 is 2.10 bits per heavy atom. The smallest absolute Gasteiger partial charge is 0.410 e. The molecule has 2 aliphatic heterocycles. The molecule has 2 atom stereocenters. The number of aromatic nitrogens is 3. The third kappa shape index (κ3) is 3.30. The summed E-state index contributed by atoms with van der Waals surface area (Å²) in [5.74, 6) is 1.63. The zero-order valence-corrected chi connectivity index (χ0v) is 16.5. The van der Waals surface area contributed by atoms with E-state index >= 15 is 0 Å². The Hall–Kier alpha value is -3.09. The van der Waals surface area contributed by atoms with Crippen LogP contribution in [0.1, 0.15) is 36.2 Å². The van der Waals surface area contributed by atoms with Crippen LogP contribution in [0.3, 0.4) is 0 Å². The highest BCUT2D eigenvalue weighted by Gasteiger charge is 2.33. The molecule has 4 heterocycles. The van der Waals surface area contributed by atoms with Gasteiger partial charge in [0.15, 0.2) is 5.65 Å². The molecular formula is C22H25N5O2. The van der Waals surface area contributed by atoms with Gasteiger partial charge >= 0.3 is 6.09 Å². The molecule has 0 bridgehead atoms. The van der Waals surface area contributed by atoms with E-state index in [1.54, 1.807) is 0 Å². The van der Waals surface area contributed by atoms with Crippen molar-refractivity contribution in [1.29, 1.82) is 0 Å². The van der Waals surface area contributed by atoms with Gasteiger partial charge in [-0.1, -0.05) is 37.3 Å². The van der Waals surface area contributed by atoms with Gasteiger partial charge in [-0.2, -0.15) is 0 Å². The molecule has 0 radical (unpaired) electrons. The second kappa shape index (κ2) is 7.39. The summed E-state index contributed by atoms with van der Waals surface area (Å²) in [7, 11) is 0. The van der Waals surface area contributed by atoms with Crippen molar-refractivity contribution in [2.75, 3.05) is 25.0 Å². The Morgan fingerprint density at radius 1 is 1.24 bits per heavy atom. The van der Waals surface area contributed by atoms with E-state index in [2.05, 4.69) is 26.6 Å². The van der Waals surface area contributed by atoms with Crippen LogP contribution in [0.4, 0.5) is 10.6 Å². The number of likely N-dealkylation sites (tertiary alicyclic amines) is 1. The quantitative estimate of drug-likeness (QED) is 0.740. The van der Waals surface area contributed by atoms with E-state index in [9.17, 15) is 4.79 Å². The summed E-state index contributed by atoms with van der Waals surface area (Å²) in [6.07, 6.45) is 5.42. The molecule has 1 fully saturated rings. The highest BCUT2D eigenvalue weighted by atomic mass is 16.6. The monoisotopic (exact) mass is 391 g/mol. The van der Waals surface area contributed by atoms with Crippen LogP contribution >= 0.6 is 0 Å². The third-order valence-electron chi connectivity index (χ3n) is 6.12. The Morgan fingerprint density at radius 3 is 2.97 bits per heavy atom. The van der Waals surface area contributed by atoms with Crippen LogP contribution in [0.2, 0.25) is 0 Å². The van der Waals surface area contributed by atoms with Crippen LogP contribution in [0.25, 0.3) is 5.65 Å². The van der Waals surface area contributed by atoms with Gasteiger partial charge in [0.1, 0.15) is 12.4 Å². The number of amides is 1. The van der Waals surface area contributed by atoms with Gasteiger partial charge in [-0.25, -0.2) is 14.8 Å². The molecule has 0 spiro atoms. The molecule has 7 nitrogen and oxygen atoms in total. The number of nitrogens with one attached hydrogen (secondary N) is 1. The topological polar surface area (TPSA) is 71.8 Å². The van der Waals surface area contributed by atoms with Gasteiger partial charge in [-0.15, -0.1) is 0 Å². The van der Waals surface area contributed by atoms with Gasteiger partial charge < -0.3 is 15.0 Å². The van der Waals surface area contributed by atoms with E-state index in [0.29, 0.717) is 19.1 Å². The average Bonchev–Trinajstić information content (AvgIpc) is 3.39. The maximum Gasteiger partial charge on any atom is 0.410 e. The Bertz CT molecular complexity index is 1030. The Labute approximate surface area is 169 Å². The fourth-order valence-corrected chi connectivity index (χ4v) is 4.44. The van der Waals surface area contributed by atoms with Gasteiger partial charge in [-0.05, 0) is 17.9 Å². The lowest BCUT2D eigenvalue weighted by Gasteiger charge is -2.36. The van der Waals surface area contributed by atoms with E-state index in [4.69, 9.17) is 4.74 Å². The molecule has 29 heavy (non-hydrogen) atoms. The first-order valence-electron chi connectivity index (χ1n) is 10.3. The first-order chi connectivity index (χ1) is 14.2. The van der Waals surface area contributed by atoms with Crippen molar-refractivity contribution >= 4 is 17.6 Å². The fourth-order valence-electron chi connectivity index (χ4n) is 4.44. The van der Waals surface area contributed by atoms with Crippen molar-refractivity contribution in [3.8, 4) is 0 Å². The minimum atomic E-state index is -0.242. The molecule has 1 N–H and O–H groups in total. The van der Waals surface area contributed by atoms with E-state index in [1.165, 1.54) is 5.69 Å². The number of ether oxygens (including phenoxy) is 1. The number of hydrogen-bond donors (Lipinski definition) is 1. The zero-order valence-electron chi connectivity index (χ0n) is 16.5. The maximum absolute atomic E-state index is 12.7. The van der Waals surface area contributed by atoms with Crippen molar-refractivity contribution in [1.82, 2.24) is 19.3 Å². The molecule has 2 unspecified atom stereocenters. The maximum atomic E-state index is 12.7. The molecule has 0 saturated carbocycles. The Balaban J connectivity index is 1.36. The third-order valence-corrected chi connectivity index (χ3v) is 6.12. The van der Waals surface area contributed by atoms with Crippen molar-refractivity contribution in [3.05, 3.63) is 59.7 Å². The van der Waals surface area contributed by atoms with Crippen molar-refractivity contribution in [2.24, 2.45) is 5.92 Å². The fraction of sp³-hybridized carbons (Fsp3) is 0.409. The summed E-state index contributed by atoms with van der Waals surface area (Å²) < 4.78 is 7.81. The first kappa shape index (κ1) is 18.0. The molecule has 2 aromatic heterocycles. The van der Waals surface area contributed by atoms with Crippen molar-refractivity contribution in [2.45, 2.75) is 32.3 Å². The highest BCUT2D eigenvalue weighted by molar-refractivity contribution is 5.68. The molecule has 150 valence electrons. The van der Waals surface area contributed by atoms with Crippen LogP contribution in [-0.2, 0) is 17.8 Å².